The highest BCUT2D eigenvalue weighted by atomic mass is 35.5. The van der Waals surface area contributed by atoms with Gasteiger partial charge >= 0.3 is 0 Å². The van der Waals surface area contributed by atoms with Gasteiger partial charge in [0.2, 0.25) is 0 Å². The van der Waals surface area contributed by atoms with Gasteiger partial charge in [-0.15, -0.1) is 0 Å². The van der Waals surface area contributed by atoms with Gasteiger partial charge in [-0.2, -0.15) is 0 Å². The molecule has 2 rings (SSSR count). The quantitative estimate of drug-likeness (QED) is 0.793. The minimum atomic E-state index is 0.0428. The van der Waals surface area contributed by atoms with Crippen LogP contribution in [0.4, 0.5) is 5.82 Å². The predicted molar refractivity (Wildman–Crippen MR) is 82.5 cm³/mol. The lowest BCUT2D eigenvalue weighted by Crippen LogP contribution is -2.22. The summed E-state index contributed by atoms with van der Waals surface area (Å²) in [7, 11) is 1.96. The average Bonchev–Trinajstić information content (AvgIpc) is 2.46. The molecule has 0 aliphatic rings. The maximum absolute atomic E-state index is 11.4. The first-order chi connectivity index (χ1) is 9.49. The van der Waals surface area contributed by atoms with Crippen LogP contribution in [0.5, 0.6) is 0 Å². The summed E-state index contributed by atoms with van der Waals surface area (Å²) in [5, 5.41) is 0.723. The number of pyridine rings is 1. The summed E-state index contributed by atoms with van der Waals surface area (Å²) in [5.74, 6) is 0.821. The first-order valence-corrected chi connectivity index (χ1v) is 6.82. The predicted octanol–water partition coefficient (Wildman–Crippen LogP) is 4.14. The number of ketones is 1. The Morgan fingerprint density at radius 1 is 1.25 bits per heavy atom. The highest BCUT2D eigenvalue weighted by Gasteiger charge is 2.14. The van der Waals surface area contributed by atoms with E-state index in [1.807, 2.05) is 42.3 Å². The third-order valence-electron chi connectivity index (χ3n) is 3.45. The van der Waals surface area contributed by atoms with Crippen LogP contribution < -0.4 is 4.90 Å². The topological polar surface area (TPSA) is 33.2 Å². The molecule has 0 saturated heterocycles. The first kappa shape index (κ1) is 14.5. The molecular formula is C16H17ClN2O. The van der Waals surface area contributed by atoms with Crippen LogP contribution in [0, 0.1) is 0 Å². The van der Waals surface area contributed by atoms with Crippen LogP contribution >= 0.6 is 11.6 Å². The van der Waals surface area contributed by atoms with Gasteiger partial charge in [0.15, 0.2) is 5.78 Å². The fraction of sp³-hybridized carbons (Fsp3) is 0.250. The molecule has 0 radical (unpaired) electrons. The molecule has 0 saturated carbocycles. The summed E-state index contributed by atoms with van der Waals surface area (Å²) in [4.78, 5) is 17.8. The summed E-state index contributed by atoms with van der Waals surface area (Å²) in [5.41, 5.74) is 1.82. The number of anilines is 1. The summed E-state index contributed by atoms with van der Waals surface area (Å²) in [6, 6.07) is 11.4. The Kier molecular flexibility index (Phi) is 4.40. The van der Waals surface area contributed by atoms with Crippen molar-refractivity contribution in [1.82, 2.24) is 4.98 Å². The van der Waals surface area contributed by atoms with E-state index in [0.717, 1.165) is 16.4 Å². The molecule has 3 nitrogen and oxygen atoms in total. The molecule has 1 atom stereocenters. The van der Waals surface area contributed by atoms with Gasteiger partial charge in [0.1, 0.15) is 5.82 Å². The van der Waals surface area contributed by atoms with Crippen molar-refractivity contribution in [2.75, 3.05) is 11.9 Å². The fourth-order valence-electron chi connectivity index (χ4n) is 1.99. The van der Waals surface area contributed by atoms with Crippen LogP contribution in [0.2, 0.25) is 5.02 Å². The Morgan fingerprint density at radius 3 is 2.50 bits per heavy atom. The molecule has 0 bridgehead atoms. The number of hydrogen-bond donors (Lipinski definition) is 0. The van der Waals surface area contributed by atoms with Crippen molar-refractivity contribution in [3.63, 3.8) is 0 Å². The molecule has 0 fully saturated rings. The molecule has 0 spiro atoms. The van der Waals surface area contributed by atoms with Crippen LogP contribution in [0.1, 0.15) is 35.8 Å². The van der Waals surface area contributed by atoms with Crippen LogP contribution in [-0.4, -0.2) is 17.8 Å². The summed E-state index contributed by atoms with van der Waals surface area (Å²) in [6.45, 7) is 3.65. The fourth-order valence-corrected chi connectivity index (χ4v) is 2.12. The average molecular weight is 289 g/mol. The Hall–Kier alpha value is -1.87. The zero-order valence-electron chi connectivity index (χ0n) is 11.8. The number of rotatable bonds is 4. The van der Waals surface area contributed by atoms with Crippen LogP contribution in [0.25, 0.3) is 0 Å². The number of carbonyl (C=O) groups excluding carboxylic acids is 1. The van der Waals surface area contributed by atoms with Crippen molar-refractivity contribution in [2.45, 2.75) is 19.9 Å². The number of Topliss-reactive ketones (excluding diaryl/α,β-unsaturated/α-hetero) is 1. The molecule has 0 aliphatic carbocycles. The molecule has 0 N–H and O–H groups in total. The van der Waals surface area contributed by atoms with E-state index in [4.69, 9.17) is 11.6 Å². The molecule has 1 aromatic heterocycles. The second-order valence-electron chi connectivity index (χ2n) is 4.80. The zero-order valence-corrected chi connectivity index (χ0v) is 12.6. The SMILES string of the molecule is CC(=O)c1ccnc(N(C)C(C)c2ccc(Cl)cc2)c1. The Morgan fingerprint density at radius 2 is 1.90 bits per heavy atom. The summed E-state index contributed by atoms with van der Waals surface area (Å²) in [6.07, 6.45) is 1.66. The van der Waals surface area contributed by atoms with Crippen molar-refractivity contribution >= 4 is 23.2 Å². The largest absolute Gasteiger partial charge is 0.353 e. The molecule has 1 aromatic carbocycles. The third kappa shape index (κ3) is 3.17. The van der Waals surface area contributed by atoms with Gasteiger partial charge in [0.05, 0.1) is 6.04 Å². The molecule has 1 unspecified atom stereocenters. The maximum Gasteiger partial charge on any atom is 0.159 e. The zero-order chi connectivity index (χ0) is 14.7. The smallest absolute Gasteiger partial charge is 0.159 e. The number of hydrogen-bond acceptors (Lipinski definition) is 3. The number of benzene rings is 1. The lowest BCUT2D eigenvalue weighted by molar-refractivity contribution is 0.101. The van der Waals surface area contributed by atoms with Crippen molar-refractivity contribution < 1.29 is 4.79 Å². The highest BCUT2D eigenvalue weighted by molar-refractivity contribution is 6.30. The first-order valence-electron chi connectivity index (χ1n) is 6.44. The standard InChI is InChI=1S/C16H17ClN2O/c1-11(13-4-6-15(17)7-5-13)19(3)16-10-14(12(2)20)8-9-18-16/h4-11H,1-3H3. The number of nitrogens with zero attached hydrogens (tertiary/aromatic N) is 2. The van der Waals surface area contributed by atoms with Gasteiger partial charge in [-0.3, -0.25) is 4.79 Å². The number of aromatic nitrogens is 1. The molecule has 0 amide bonds. The lowest BCUT2D eigenvalue weighted by Gasteiger charge is -2.26. The Labute approximate surface area is 124 Å². The molecule has 1 heterocycles. The molecule has 20 heavy (non-hydrogen) atoms. The van der Waals surface area contributed by atoms with E-state index in [1.54, 1.807) is 19.2 Å². The number of carbonyl (C=O) groups is 1. The summed E-state index contributed by atoms with van der Waals surface area (Å²) < 4.78 is 0. The third-order valence-corrected chi connectivity index (χ3v) is 3.70. The monoisotopic (exact) mass is 288 g/mol. The van der Waals surface area contributed by atoms with Gasteiger partial charge in [-0.05, 0) is 43.7 Å². The van der Waals surface area contributed by atoms with E-state index in [-0.39, 0.29) is 11.8 Å². The van der Waals surface area contributed by atoms with Gasteiger partial charge < -0.3 is 4.90 Å². The van der Waals surface area contributed by atoms with E-state index < -0.39 is 0 Å². The second-order valence-corrected chi connectivity index (χ2v) is 5.23. The Balaban J connectivity index is 2.26. The molecular weight excluding hydrogens is 272 g/mol. The molecule has 0 aliphatic heterocycles. The van der Waals surface area contributed by atoms with E-state index in [0.29, 0.717) is 5.56 Å². The van der Waals surface area contributed by atoms with Gasteiger partial charge in [-0.1, -0.05) is 23.7 Å². The van der Waals surface area contributed by atoms with Crippen molar-refractivity contribution in [3.8, 4) is 0 Å². The normalized spacial score (nSPS) is 12.0. The van der Waals surface area contributed by atoms with E-state index >= 15 is 0 Å². The second kappa shape index (κ2) is 6.06. The van der Waals surface area contributed by atoms with Gasteiger partial charge in [0.25, 0.3) is 0 Å². The molecule has 4 heteroatoms. The lowest BCUT2D eigenvalue weighted by atomic mass is 10.1. The van der Waals surface area contributed by atoms with Crippen molar-refractivity contribution in [3.05, 3.63) is 58.7 Å². The maximum atomic E-state index is 11.4. The van der Waals surface area contributed by atoms with Gasteiger partial charge in [-0.25, -0.2) is 4.98 Å². The minimum Gasteiger partial charge on any atom is -0.353 e. The van der Waals surface area contributed by atoms with Crippen LogP contribution in [0.3, 0.4) is 0 Å². The number of halogens is 1. The van der Waals surface area contributed by atoms with Gasteiger partial charge in [0, 0.05) is 23.8 Å². The van der Waals surface area contributed by atoms with E-state index in [1.165, 1.54) is 0 Å². The van der Waals surface area contributed by atoms with Crippen molar-refractivity contribution in [2.24, 2.45) is 0 Å². The van der Waals surface area contributed by atoms with Crippen LogP contribution in [-0.2, 0) is 0 Å². The highest BCUT2D eigenvalue weighted by Crippen LogP contribution is 2.25. The Bertz CT molecular complexity index is 610. The molecule has 104 valence electrons. The van der Waals surface area contributed by atoms with E-state index in [2.05, 4.69) is 11.9 Å². The van der Waals surface area contributed by atoms with Crippen molar-refractivity contribution in [1.29, 1.82) is 0 Å². The minimum absolute atomic E-state index is 0.0428. The van der Waals surface area contributed by atoms with Crippen LogP contribution in [0.15, 0.2) is 42.6 Å². The van der Waals surface area contributed by atoms with E-state index in [9.17, 15) is 4.79 Å². The molecule has 2 aromatic rings. The summed E-state index contributed by atoms with van der Waals surface area (Å²) >= 11 is 5.91.